The second-order valence-electron chi connectivity index (χ2n) is 4.29. The quantitative estimate of drug-likeness (QED) is 0.567. The molecule has 0 aliphatic heterocycles. The van der Waals surface area contributed by atoms with Crippen LogP contribution in [0.15, 0.2) is 16.8 Å². The first-order valence-electron chi connectivity index (χ1n) is 5.67. The van der Waals surface area contributed by atoms with Crippen LogP contribution in [-0.2, 0) is 6.42 Å². The third-order valence-electron chi connectivity index (χ3n) is 2.67. The number of thiophene rings is 1. The molecule has 1 aromatic heterocycles. The highest BCUT2D eigenvalue weighted by atomic mass is 32.1. The summed E-state index contributed by atoms with van der Waals surface area (Å²) in [4.78, 5) is 2.37. The van der Waals surface area contributed by atoms with Gasteiger partial charge in [0.05, 0.1) is 5.84 Å². The van der Waals surface area contributed by atoms with Crippen molar-refractivity contribution < 1.29 is 0 Å². The maximum Gasteiger partial charge on any atom is 0.0918 e. The van der Waals surface area contributed by atoms with Crippen LogP contribution in [0.4, 0.5) is 0 Å². The highest BCUT2D eigenvalue weighted by molar-refractivity contribution is 7.07. The van der Waals surface area contributed by atoms with Gasteiger partial charge >= 0.3 is 0 Å². The van der Waals surface area contributed by atoms with Gasteiger partial charge in [0.15, 0.2) is 0 Å². The van der Waals surface area contributed by atoms with Gasteiger partial charge in [0.1, 0.15) is 0 Å². The lowest BCUT2D eigenvalue weighted by atomic mass is 10.2. The fraction of sp³-hybridized carbons (Fsp3) is 0.583. The molecule has 0 aromatic carbocycles. The van der Waals surface area contributed by atoms with E-state index in [9.17, 15) is 0 Å². The van der Waals surface area contributed by atoms with E-state index in [1.54, 1.807) is 11.3 Å². The van der Waals surface area contributed by atoms with Gasteiger partial charge in [-0.2, -0.15) is 11.3 Å². The molecule has 0 aliphatic carbocycles. The molecule has 0 atom stereocenters. The molecule has 3 N–H and O–H groups in total. The zero-order valence-electron chi connectivity index (χ0n) is 10.1. The van der Waals surface area contributed by atoms with Crippen molar-refractivity contribution in [2.45, 2.75) is 32.7 Å². The summed E-state index contributed by atoms with van der Waals surface area (Å²) in [7, 11) is 0. The van der Waals surface area contributed by atoms with Gasteiger partial charge in [-0.1, -0.05) is 0 Å². The van der Waals surface area contributed by atoms with Gasteiger partial charge in [0.25, 0.3) is 0 Å². The lowest BCUT2D eigenvalue weighted by molar-refractivity contribution is 0.230. The van der Waals surface area contributed by atoms with Crippen molar-refractivity contribution in [3.8, 4) is 0 Å². The number of nitrogens with one attached hydrogen (secondary N) is 1. The Morgan fingerprint density at radius 3 is 2.75 bits per heavy atom. The summed E-state index contributed by atoms with van der Waals surface area (Å²) in [6.45, 7) is 6.31. The first-order chi connectivity index (χ1) is 7.59. The van der Waals surface area contributed by atoms with Crippen LogP contribution in [0.1, 0.15) is 25.8 Å². The Morgan fingerprint density at radius 1 is 1.50 bits per heavy atom. The Balaban J connectivity index is 2.36. The number of hydrogen-bond acceptors (Lipinski definition) is 3. The molecule has 0 unspecified atom stereocenters. The van der Waals surface area contributed by atoms with Crippen molar-refractivity contribution >= 4 is 17.2 Å². The second kappa shape index (κ2) is 6.66. The largest absolute Gasteiger partial charge is 0.388 e. The Labute approximate surface area is 102 Å². The molecule has 0 saturated heterocycles. The van der Waals surface area contributed by atoms with Crippen LogP contribution in [0.5, 0.6) is 0 Å². The lowest BCUT2D eigenvalue weighted by Crippen LogP contribution is -2.35. The normalized spacial score (nSPS) is 11.2. The van der Waals surface area contributed by atoms with E-state index in [1.165, 1.54) is 5.56 Å². The van der Waals surface area contributed by atoms with Gasteiger partial charge in [0, 0.05) is 25.6 Å². The third-order valence-corrected chi connectivity index (χ3v) is 3.40. The van der Waals surface area contributed by atoms with E-state index in [1.807, 2.05) is 0 Å². The van der Waals surface area contributed by atoms with Crippen molar-refractivity contribution in [3.63, 3.8) is 0 Å². The summed E-state index contributed by atoms with van der Waals surface area (Å²) in [5, 5.41) is 11.6. The molecule has 0 amide bonds. The van der Waals surface area contributed by atoms with Crippen LogP contribution in [0.2, 0.25) is 0 Å². The minimum absolute atomic E-state index is 0.279. The number of hydrogen-bond donors (Lipinski definition) is 2. The number of nitrogens with zero attached hydrogens (tertiary/aromatic N) is 1. The number of nitrogens with two attached hydrogens (primary N) is 1. The summed E-state index contributed by atoms with van der Waals surface area (Å²) in [5.41, 5.74) is 6.79. The van der Waals surface area contributed by atoms with Gasteiger partial charge in [-0.15, -0.1) is 0 Å². The molecule has 1 heterocycles. The van der Waals surface area contributed by atoms with E-state index in [-0.39, 0.29) is 5.84 Å². The molecule has 0 saturated carbocycles. The predicted molar refractivity (Wildman–Crippen MR) is 71.3 cm³/mol. The van der Waals surface area contributed by atoms with Gasteiger partial charge < -0.3 is 10.6 Å². The maximum absolute atomic E-state index is 7.25. The summed E-state index contributed by atoms with van der Waals surface area (Å²) >= 11 is 1.75. The van der Waals surface area contributed by atoms with Gasteiger partial charge in [-0.05, 0) is 42.7 Å². The van der Waals surface area contributed by atoms with Gasteiger partial charge in [-0.25, -0.2) is 0 Å². The molecule has 3 nitrogen and oxygen atoms in total. The van der Waals surface area contributed by atoms with Crippen LogP contribution < -0.4 is 5.73 Å². The van der Waals surface area contributed by atoms with Gasteiger partial charge in [-0.3, -0.25) is 5.41 Å². The van der Waals surface area contributed by atoms with E-state index in [0.717, 1.165) is 19.5 Å². The summed E-state index contributed by atoms with van der Waals surface area (Å²) in [5.74, 6) is 0.279. The first-order valence-corrected chi connectivity index (χ1v) is 6.62. The Hall–Kier alpha value is -0.870. The highest BCUT2D eigenvalue weighted by Gasteiger charge is 2.09. The van der Waals surface area contributed by atoms with Crippen molar-refractivity contribution in [2.24, 2.45) is 5.73 Å². The molecule has 0 fully saturated rings. The van der Waals surface area contributed by atoms with Crippen molar-refractivity contribution in [3.05, 3.63) is 22.4 Å². The number of rotatable bonds is 7. The van der Waals surface area contributed by atoms with E-state index >= 15 is 0 Å². The highest BCUT2D eigenvalue weighted by Crippen LogP contribution is 2.09. The Bertz CT molecular complexity index is 306. The van der Waals surface area contributed by atoms with Crippen LogP contribution in [0.3, 0.4) is 0 Å². The molecule has 90 valence electrons. The molecule has 0 radical (unpaired) electrons. The fourth-order valence-corrected chi connectivity index (χ4v) is 2.30. The molecular weight excluding hydrogens is 218 g/mol. The van der Waals surface area contributed by atoms with Gasteiger partial charge in [0.2, 0.25) is 0 Å². The first kappa shape index (κ1) is 13.2. The zero-order chi connectivity index (χ0) is 12.0. The zero-order valence-corrected chi connectivity index (χ0v) is 10.9. The lowest BCUT2D eigenvalue weighted by Gasteiger charge is -2.26. The van der Waals surface area contributed by atoms with Crippen molar-refractivity contribution in [2.75, 3.05) is 13.1 Å². The Kier molecular flexibility index (Phi) is 5.49. The van der Waals surface area contributed by atoms with E-state index in [4.69, 9.17) is 11.1 Å². The molecule has 16 heavy (non-hydrogen) atoms. The Morgan fingerprint density at radius 2 is 2.25 bits per heavy atom. The van der Waals surface area contributed by atoms with E-state index in [0.29, 0.717) is 12.5 Å². The monoisotopic (exact) mass is 239 g/mol. The number of amidine groups is 1. The maximum atomic E-state index is 7.25. The van der Waals surface area contributed by atoms with Crippen LogP contribution in [-0.4, -0.2) is 29.9 Å². The minimum atomic E-state index is 0.279. The van der Waals surface area contributed by atoms with E-state index < -0.39 is 0 Å². The summed E-state index contributed by atoms with van der Waals surface area (Å²) in [6.07, 6.45) is 1.75. The van der Waals surface area contributed by atoms with Crippen molar-refractivity contribution in [1.29, 1.82) is 5.41 Å². The van der Waals surface area contributed by atoms with Crippen LogP contribution in [0, 0.1) is 5.41 Å². The molecule has 0 bridgehead atoms. The molecule has 0 aliphatic rings. The average molecular weight is 239 g/mol. The van der Waals surface area contributed by atoms with Crippen LogP contribution >= 0.6 is 11.3 Å². The molecule has 4 heteroatoms. The smallest absolute Gasteiger partial charge is 0.0918 e. The molecule has 1 aromatic rings. The molecule has 1 rings (SSSR count). The van der Waals surface area contributed by atoms with Crippen LogP contribution in [0.25, 0.3) is 0 Å². The van der Waals surface area contributed by atoms with Crippen molar-refractivity contribution in [1.82, 2.24) is 4.90 Å². The SMILES string of the molecule is CC(C)N(CCC(=N)N)CCc1ccsc1. The summed E-state index contributed by atoms with van der Waals surface area (Å²) < 4.78 is 0. The summed E-state index contributed by atoms with van der Waals surface area (Å²) in [6, 6.07) is 2.69. The minimum Gasteiger partial charge on any atom is -0.388 e. The predicted octanol–water partition coefficient (Wildman–Crippen LogP) is 2.33. The third kappa shape index (κ3) is 4.77. The fourth-order valence-electron chi connectivity index (χ4n) is 1.60. The topological polar surface area (TPSA) is 53.1 Å². The standard InChI is InChI=1S/C12H21N3S/c1-10(2)15(7-4-12(13)14)6-3-11-5-8-16-9-11/h5,8-10H,3-4,6-7H2,1-2H3,(H3,13,14). The molecular formula is C12H21N3S. The van der Waals surface area contributed by atoms with E-state index in [2.05, 4.69) is 35.6 Å². The second-order valence-corrected chi connectivity index (χ2v) is 5.07. The average Bonchev–Trinajstić information content (AvgIpc) is 2.69. The molecule has 0 spiro atoms.